The highest BCUT2D eigenvalue weighted by atomic mass is 16.3. The second-order valence-corrected chi connectivity index (χ2v) is 5.51. The highest BCUT2D eigenvalue weighted by Crippen LogP contribution is 2.56. The Kier molecular flexibility index (Phi) is 2.22. The summed E-state index contributed by atoms with van der Waals surface area (Å²) in [6.45, 7) is 6.37. The van der Waals surface area contributed by atoms with Gasteiger partial charge in [0.2, 0.25) is 0 Å². The molecule has 2 heteroatoms. The molecule has 0 aliphatic heterocycles. The zero-order valence-corrected chi connectivity index (χ0v) is 9.29. The molecule has 0 aromatic heterocycles. The van der Waals surface area contributed by atoms with E-state index in [1.54, 1.807) is 0 Å². The molecular weight excluding hydrogens is 176 g/mol. The summed E-state index contributed by atoms with van der Waals surface area (Å²) in [7, 11) is 0. The van der Waals surface area contributed by atoms with Gasteiger partial charge in [0.05, 0.1) is 11.5 Å². The van der Waals surface area contributed by atoms with E-state index in [1.807, 2.05) is 6.92 Å². The molecule has 2 aliphatic rings. The fourth-order valence-corrected chi connectivity index (χ4v) is 3.56. The maximum absolute atomic E-state index is 11.8. The summed E-state index contributed by atoms with van der Waals surface area (Å²) >= 11 is 0. The lowest BCUT2D eigenvalue weighted by Gasteiger charge is -2.28. The van der Waals surface area contributed by atoms with Gasteiger partial charge in [-0.2, -0.15) is 0 Å². The number of ketones is 1. The van der Waals surface area contributed by atoms with Gasteiger partial charge in [-0.3, -0.25) is 4.79 Å². The molecule has 4 atom stereocenters. The van der Waals surface area contributed by atoms with Crippen LogP contribution in [0.25, 0.3) is 0 Å². The molecule has 2 saturated carbocycles. The van der Waals surface area contributed by atoms with E-state index < -0.39 is 11.5 Å². The summed E-state index contributed by atoms with van der Waals surface area (Å²) in [4.78, 5) is 11.8. The van der Waals surface area contributed by atoms with E-state index in [1.165, 1.54) is 0 Å². The third-order valence-corrected chi connectivity index (χ3v) is 4.61. The third-order valence-electron chi connectivity index (χ3n) is 4.61. The van der Waals surface area contributed by atoms with Crippen LogP contribution in [0.5, 0.6) is 0 Å². The van der Waals surface area contributed by atoms with Crippen molar-refractivity contribution in [3.8, 4) is 0 Å². The van der Waals surface area contributed by atoms with Gasteiger partial charge in [-0.25, -0.2) is 0 Å². The van der Waals surface area contributed by atoms with E-state index in [9.17, 15) is 9.90 Å². The maximum Gasteiger partial charge on any atom is 0.141 e. The lowest BCUT2D eigenvalue weighted by Crippen LogP contribution is -2.35. The molecule has 0 saturated heterocycles. The van der Waals surface area contributed by atoms with Crippen molar-refractivity contribution >= 4 is 5.78 Å². The molecule has 2 fully saturated rings. The van der Waals surface area contributed by atoms with Gasteiger partial charge < -0.3 is 5.11 Å². The van der Waals surface area contributed by atoms with Crippen molar-refractivity contribution in [3.05, 3.63) is 0 Å². The third kappa shape index (κ3) is 1.10. The number of hydrogen-bond donors (Lipinski definition) is 1. The first-order valence-electron chi connectivity index (χ1n) is 5.69. The van der Waals surface area contributed by atoms with Gasteiger partial charge in [-0.05, 0) is 37.5 Å². The van der Waals surface area contributed by atoms with Gasteiger partial charge in [0.25, 0.3) is 0 Å². The Labute approximate surface area is 85.7 Å². The Morgan fingerprint density at radius 2 is 2.14 bits per heavy atom. The van der Waals surface area contributed by atoms with E-state index in [-0.39, 0.29) is 5.78 Å². The van der Waals surface area contributed by atoms with Crippen LogP contribution in [0.3, 0.4) is 0 Å². The van der Waals surface area contributed by atoms with Crippen LogP contribution in [0.15, 0.2) is 0 Å². The van der Waals surface area contributed by atoms with Crippen LogP contribution in [0, 0.1) is 23.2 Å². The summed E-state index contributed by atoms with van der Waals surface area (Å²) in [6, 6.07) is 0. The fraction of sp³-hybridized carbons (Fsp3) is 0.917. The standard InChI is InChI=1S/C12H20O2/c1-7(2)8-6-11(14)12(3)9(8)4-5-10(12)13/h7-9,11,14H,4-6H2,1-3H3. The molecule has 0 bridgehead atoms. The van der Waals surface area contributed by atoms with Gasteiger partial charge in [-0.15, -0.1) is 0 Å². The Bertz CT molecular complexity index is 259. The number of aliphatic hydroxyl groups is 1. The molecule has 2 rings (SSSR count). The molecular formula is C12H20O2. The van der Waals surface area contributed by atoms with E-state index in [2.05, 4.69) is 13.8 Å². The number of carbonyl (C=O) groups excluding carboxylic acids is 1. The van der Waals surface area contributed by atoms with E-state index >= 15 is 0 Å². The largest absolute Gasteiger partial charge is 0.392 e. The van der Waals surface area contributed by atoms with Crippen LogP contribution >= 0.6 is 0 Å². The quantitative estimate of drug-likeness (QED) is 0.696. The number of Topliss-reactive ketones (excluding diaryl/α,β-unsaturated/α-hetero) is 1. The average molecular weight is 196 g/mol. The van der Waals surface area contributed by atoms with Crippen molar-refractivity contribution < 1.29 is 9.90 Å². The minimum absolute atomic E-state index is 0.290. The van der Waals surface area contributed by atoms with Crippen molar-refractivity contribution in [1.82, 2.24) is 0 Å². The molecule has 0 radical (unpaired) electrons. The van der Waals surface area contributed by atoms with E-state index in [0.717, 1.165) is 12.8 Å². The number of aliphatic hydroxyl groups excluding tert-OH is 1. The zero-order valence-electron chi connectivity index (χ0n) is 9.29. The van der Waals surface area contributed by atoms with Gasteiger partial charge in [0.1, 0.15) is 5.78 Å². The second kappa shape index (κ2) is 3.06. The summed E-state index contributed by atoms with van der Waals surface area (Å²) in [5.74, 6) is 1.85. The molecule has 4 unspecified atom stereocenters. The first kappa shape index (κ1) is 10.2. The molecule has 0 spiro atoms. The Hall–Kier alpha value is -0.370. The van der Waals surface area contributed by atoms with Crippen molar-refractivity contribution in [2.75, 3.05) is 0 Å². The summed E-state index contributed by atoms with van der Waals surface area (Å²) < 4.78 is 0. The molecule has 0 heterocycles. The molecule has 2 aliphatic carbocycles. The molecule has 14 heavy (non-hydrogen) atoms. The van der Waals surface area contributed by atoms with Gasteiger partial charge in [0, 0.05) is 6.42 Å². The predicted octanol–water partition coefficient (Wildman–Crippen LogP) is 2.01. The zero-order chi connectivity index (χ0) is 10.5. The molecule has 80 valence electrons. The molecule has 2 nitrogen and oxygen atoms in total. The number of rotatable bonds is 1. The van der Waals surface area contributed by atoms with Gasteiger partial charge >= 0.3 is 0 Å². The number of fused-ring (bicyclic) bond motifs is 1. The average Bonchev–Trinajstić information content (AvgIpc) is 2.53. The lowest BCUT2D eigenvalue weighted by atomic mass is 9.76. The minimum atomic E-state index is -0.408. The smallest absolute Gasteiger partial charge is 0.141 e. The molecule has 0 aromatic rings. The van der Waals surface area contributed by atoms with Crippen molar-refractivity contribution in [2.45, 2.75) is 46.1 Å². The molecule has 0 aromatic carbocycles. The van der Waals surface area contributed by atoms with Gasteiger partial charge in [0.15, 0.2) is 0 Å². The van der Waals surface area contributed by atoms with Crippen LogP contribution in [0.2, 0.25) is 0 Å². The topological polar surface area (TPSA) is 37.3 Å². The monoisotopic (exact) mass is 196 g/mol. The summed E-state index contributed by atoms with van der Waals surface area (Å²) in [5, 5.41) is 10.0. The normalized spacial score (nSPS) is 47.5. The fourth-order valence-electron chi connectivity index (χ4n) is 3.56. The van der Waals surface area contributed by atoms with Crippen LogP contribution in [-0.4, -0.2) is 17.0 Å². The maximum atomic E-state index is 11.8. The van der Waals surface area contributed by atoms with Crippen LogP contribution in [-0.2, 0) is 4.79 Å². The minimum Gasteiger partial charge on any atom is -0.392 e. The van der Waals surface area contributed by atoms with Crippen molar-refractivity contribution in [3.63, 3.8) is 0 Å². The number of hydrogen-bond acceptors (Lipinski definition) is 2. The molecule has 1 N–H and O–H groups in total. The first-order chi connectivity index (χ1) is 6.48. The highest BCUT2D eigenvalue weighted by Gasteiger charge is 2.58. The second-order valence-electron chi connectivity index (χ2n) is 5.51. The van der Waals surface area contributed by atoms with Crippen LogP contribution in [0.1, 0.15) is 40.0 Å². The Morgan fingerprint density at radius 1 is 1.50 bits per heavy atom. The Balaban J connectivity index is 2.30. The van der Waals surface area contributed by atoms with Crippen molar-refractivity contribution in [1.29, 1.82) is 0 Å². The van der Waals surface area contributed by atoms with Gasteiger partial charge in [-0.1, -0.05) is 13.8 Å². The SMILES string of the molecule is CC(C)C1CC(O)C2(C)C(=O)CCC12. The van der Waals surface area contributed by atoms with Crippen LogP contribution in [0.4, 0.5) is 0 Å². The lowest BCUT2D eigenvalue weighted by molar-refractivity contribution is -0.130. The molecule has 0 amide bonds. The Morgan fingerprint density at radius 3 is 2.71 bits per heavy atom. The van der Waals surface area contributed by atoms with Crippen molar-refractivity contribution in [2.24, 2.45) is 23.2 Å². The highest BCUT2D eigenvalue weighted by molar-refractivity contribution is 5.88. The number of carbonyl (C=O) groups is 1. The van der Waals surface area contributed by atoms with E-state index in [4.69, 9.17) is 0 Å². The predicted molar refractivity (Wildman–Crippen MR) is 54.8 cm³/mol. The summed E-state index contributed by atoms with van der Waals surface area (Å²) in [5.41, 5.74) is -0.408. The summed E-state index contributed by atoms with van der Waals surface area (Å²) in [6.07, 6.45) is 2.11. The van der Waals surface area contributed by atoms with E-state index in [0.29, 0.717) is 24.2 Å². The first-order valence-corrected chi connectivity index (χ1v) is 5.69. The van der Waals surface area contributed by atoms with Crippen LogP contribution < -0.4 is 0 Å².